The van der Waals surface area contributed by atoms with Gasteiger partial charge in [-0.2, -0.15) is 0 Å². The molecular formula is C19H30N2. The molecule has 0 radical (unpaired) electrons. The van der Waals surface area contributed by atoms with Gasteiger partial charge in [-0.3, -0.25) is 4.90 Å². The second kappa shape index (κ2) is 7.77. The zero-order valence-corrected chi connectivity index (χ0v) is 13.8. The second-order valence-electron chi connectivity index (χ2n) is 6.12. The van der Waals surface area contributed by atoms with E-state index in [0.29, 0.717) is 11.6 Å². The fraction of sp³-hybridized carbons (Fsp3) is 0.579. The normalized spacial score (nSPS) is 22.7. The van der Waals surface area contributed by atoms with Gasteiger partial charge in [-0.25, -0.2) is 0 Å². The molecule has 0 bridgehead atoms. The highest BCUT2D eigenvalue weighted by atomic mass is 15.3. The van der Waals surface area contributed by atoms with Crippen LogP contribution < -0.4 is 5.32 Å². The van der Waals surface area contributed by atoms with E-state index in [1.807, 2.05) is 0 Å². The summed E-state index contributed by atoms with van der Waals surface area (Å²) in [6.07, 6.45) is 7.98. The van der Waals surface area contributed by atoms with Gasteiger partial charge in [-0.1, -0.05) is 56.3 Å². The van der Waals surface area contributed by atoms with Crippen LogP contribution in [0.4, 0.5) is 0 Å². The van der Waals surface area contributed by atoms with Gasteiger partial charge in [0.2, 0.25) is 0 Å². The van der Waals surface area contributed by atoms with Crippen LogP contribution in [0, 0.1) is 0 Å². The van der Waals surface area contributed by atoms with Gasteiger partial charge < -0.3 is 5.32 Å². The lowest BCUT2D eigenvalue weighted by Crippen LogP contribution is -2.60. The number of nitrogens with one attached hydrogen (secondary N) is 1. The second-order valence-corrected chi connectivity index (χ2v) is 6.12. The fourth-order valence-corrected chi connectivity index (χ4v) is 3.37. The molecule has 0 aromatic heterocycles. The van der Waals surface area contributed by atoms with Gasteiger partial charge >= 0.3 is 0 Å². The van der Waals surface area contributed by atoms with Crippen molar-refractivity contribution in [2.75, 3.05) is 19.6 Å². The minimum atomic E-state index is 0.293. The SMILES string of the molecule is C/C=C/CCN1CC(CC)(CC)NCC1c1ccccc1. The Morgan fingerprint density at radius 2 is 1.95 bits per heavy atom. The maximum atomic E-state index is 3.84. The summed E-state index contributed by atoms with van der Waals surface area (Å²) in [5.74, 6) is 0. The molecule has 1 aromatic carbocycles. The quantitative estimate of drug-likeness (QED) is 0.790. The maximum absolute atomic E-state index is 3.84. The van der Waals surface area contributed by atoms with Gasteiger partial charge in [-0.15, -0.1) is 0 Å². The molecule has 2 heteroatoms. The lowest BCUT2D eigenvalue weighted by Gasteiger charge is -2.47. The first-order valence-corrected chi connectivity index (χ1v) is 8.40. The molecule has 1 aromatic rings. The number of hydrogen-bond acceptors (Lipinski definition) is 2. The Morgan fingerprint density at radius 1 is 1.24 bits per heavy atom. The topological polar surface area (TPSA) is 15.3 Å². The van der Waals surface area contributed by atoms with E-state index >= 15 is 0 Å². The minimum Gasteiger partial charge on any atom is -0.308 e. The molecule has 0 spiro atoms. The van der Waals surface area contributed by atoms with Crippen LogP contribution >= 0.6 is 0 Å². The van der Waals surface area contributed by atoms with Crippen LogP contribution in [0.25, 0.3) is 0 Å². The van der Waals surface area contributed by atoms with Crippen molar-refractivity contribution in [3.8, 4) is 0 Å². The Labute approximate surface area is 130 Å². The molecule has 1 atom stereocenters. The number of piperazine rings is 1. The van der Waals surface area contributed by atoms with Crippen LogP contribution in [0.15, 0.2) is 42.5 Å². The summed E-state index contributed by atoms with van der Waals surface area (Å²) < 4.78 is 0. The molecule has 1 unspecified atom stereocenters. The average Bonchev–Trinajstić information content (AvgIpc) is 2.56. The third-order valence-corrected chi connectivity index (χ3v) is 4.97. The molecule has 2 rings (SSSR count). The van der Waals surface area contributed by atoms with Crippen LogP contribution in [-0.4, -0.2) is 30.1 Å². The van der Waals surface area contributed by atoms with Crippen LogP contribution in [-0.2, 0) is 0 Å². The van der Waals surface area contributed by atoms with E-state index < -0.39 is 0 Å². The molecule has 1 fully saturated rings. The highest BCUT2D eigenvalue weighted by molar-refractivity contribution is 5.21. The molecular weight excluding hydrogens is 256 g/mol. The summed E-state index contributed by atoms with van der Waals surface area (Å²) in [6.45, 7) is 10.1. The molecule has 1 aliphatic rings. The lowest BCUT2D eigenvalue weighted by molar-refractivity contribution is 0.0738. The Balaban J connectivity index is 2.15. The number of rotatable bonds is 6. The molecule has 0 amide bonds. The number of nitrogens with zero attached hydrogens (tertiary/aromatic N) is 1. The van der Waals surface area contributed by atoms with Crippen molar-refractivity contribution < 1.29 is 0 Å². The lowest BCUT2D eigenvalue weighted by atomic mass is 9.87. The van der Waals surface area contributed by atoms with Crippen molar-refractivity contribution in [2.45, 2.75) is 51.6 Å². The Hall–Kier alpha value is -1.12. The van der Waals surface area contributed by atoms with Crippen molar-refractivity contribution in [3.63, 3.8) is 0 Å². The first-order chi connectivity index (χ1) is 10.2. The number of benzene rings is 1. The third-order valence-electron chi connectivity index (χ3n) is 4.97. The van der Waals surface area contributed by atoms with Crippen LogP contribution in [0.3, 0.4) is 0 Å². The first-order valence-electron chi connectivity index (χ1n) is 8.40. The van der Waals surface area contributed by atoms with Crippen LogP contribution in [0.2, 0.25) is 0 Å². The molecule has 1 aliphatic heterocycles. The Morgan fingerprint density at radius 3 is 2.57 bits per heavy atom. The highest BCUT2D eigenvalue weighted by Crippen LogP contribution is 2.30. The molecule has 116 valence electrons. The predicted octanol–water partition coefficient (Wildman–Crippen LogP) is 4.16. The van der Waals surface area contributed by atoms with E-state index in [2.05, 4.69) is 73.5 Å². The van der Waals surface area contributed by atoms with Crippen molar-refractivity contribution >= 4 is 0 Å². The molecule has 1 heterocycles. The summed E-state index contributed by atoms with van der Waals surface area (Å²) >= 11 is 0. The minimum absolute atomic E-state index is 0.293. The summed E-state index contributed by atoms with van der Waals surface area (Å²) in [4.78, 5) is 2.68. The van der Waals surface area contributed by atoms with Gasteiger partial charge in [0.1, 0.15) is 0 Å². The van der Waals surface area contributed by atoms with Gasteiger partial charge in [0, 0.05) is 31.2 Å². The van der Waals surface area contributed by atoms with E-state index in [0.717, 1.165) is 26.1 Å². The van der Waals surface area contributed by atoms with Crippen LogP contribution in [0.1, 0.15) is 51.6 Å². The fourth-order valence-electron chi connectivity index (χ4n) is 3.37. The Bertz CT molecular complexity index is 434. The average molecular weight is 286 g/mol. The van der Waals surface area contributed by atoms with Gasteiger partial charge in [0.25, 0.3) is 0 Å². The maximum Gasteiger partial charge on any atom is 0.0473 e. The van der Waals surface area contributed by atoms with E-state index in [9.17, 15) is 0 Å². The predicted molar refractivity (Wildman–Crippen MR) is 91.5 cm³/mol. The van der Waals surface area contributed by atoms with Gasteiger partial charge in [0.15, 0.2) is 0 Å². The molecule has 21 heavy (non-hydrogen) atoms. The van der Waals surface area contributed by atoms with E-state index in [-0.39, 0.29) is 0 Å². The summed E-state index contributed by atoms with van der Waals surface area (Å²) in [5.41, 5.74) is 1.73. The Kier molecular flexibility index (Phi) is 6.01. The van der Waals surface area contributed by atoms with Crippen molar-refractivity contribution in [1.82, 2.24) is 10.2 Å². The molecule has 2 nitrogen and oxygen atoms in total. The molecule has 0 saturated carbocycles. The van der Waals surface area contributed by atoms with Crippen molar-refractivity contribution in [3.05, 3.63) is 48.0 Å². The van der Waals surface area contributed by atoms with Crippen molar-refractivity contribution in [1.29, 1.82) is 0 Å². The highest BCUT2D eigenvalue weighted by Gasteiger charge is 2.36. The standard InChI is InChI=1S/C19H30N2/c1-4-7-11-14-21-16-19(5-2,6-3)20-15-18(21)17-12-9-8-10-13-17/h4,7-10,12-13,18,20H,5-6,11,14-16H2,1-3H3/b7-4+. The molecule has 1 N–H and O–H groups in total. The summed E-state index contributed by atoms with van der Waals surface area (Å²) in [7, 11) is 0. The van der Waals surface area contributed by atoms with E-state index in [4.69, 9.17) is 0 Å². The first kappa shape index (κ1) is 16.3. The molecule has 1 saturated heterocycles. The largest absolute Gasteiger partial charge is 0.308 e. The van der Waals surface area contributed by atoms with Crippen LogP contribution in [0.5, 0.6) is 0 Å². The van der Waals surface area contributed by atoms with Gasteiger partial charge in [0.05, 0.1) is 0 Å². The molecule has 0 aliphatic carbocycles. The van der Waals surface area contributed by atoms with Gasteiger partial charge in [-0.05, 0) is 31.7 Å². The smallest absolute Gasteiger partial charge is 0.0473 e. The summed E-state index contributed by atoms with van der Waals surface area (Å²) in [5, 5.41) is 3.84. The van der Waals surface area contributed by atoms with E-state index in [1.54, 1.807) is 0 Å². The van der Waals surface area contributed by atoms with Crippen molar-refractivity contribution in [2.24, 2.45) is 0 Å². The number of hydrogen-bond donors (Lipinski definition) is 1. The zero-order valence-electron chi connectivity index (χ0n) is 13.8. The number of allylic oxidation sites excluding steroid dienone is 1. The monoisotopic (exact) mass is 286 g/mol. The summed E-state index contributed by atoms with van der Waals surface area (Å²) in [6, 6.07) is 11.4. The zero-order chi connectivity index (χ0) is 15.1. The van der Waals surface area contributed by atoms with E-state index in [1.165, 1.54) is 18.4 Å². The third kappa shape index (κ3) is 3.96.